The van der Waals surface area contributed by atoms with Gasteiger partial charge in [0, 0.05) is 6.54 Å². The molecule has 4 nitrogen and oxygen atoms in total. The number of nitrogens with two attached hydrogens (primary N) is 1. The molecule has 2 aromatic rings. The van der Waals surface area contributed by atoms with Gasteiger partial charge < -0.3 is 11.1 Å². The van der Waals surface area contributed by atoms with E-state index in [2.05, 4.69) is 29.3 Å². The first-order valence-corrected chi connectivity index (χ1v) is 8.93. The van der Waals surface area contributed by atoms with Gasteiger partial charge in [-0.15, -0.1) is 0 Å². The first kappa shape index (κ1) is 19.8. The van der Waals surface area contributed by atoms with Crippen LogP contribution in [0.25, 0.3) is 11.1 Å². The Hall–Kier alpha value is -2.29. The third kappa shape index (κ3) is 7.32. The smallest absolute Gasteiger partial charge is 0.229 e. The summed E-state index contributed by atoms with van der Waals surface area (Å²) < 4.78 is 0. The topological polar surface area (TPSA) is 78.9 Å². The molecule has 0 spiro atoms. The lowest BCUT2D eigenvalue weighted by Gasteiger charge is -1.99. The normalized spacial score (nSPS) is 13.0. The number of hydrogen-bond acceptors (Lipinski definition) is 4. The summed E-state index contributed by atoms with van der Waals surface area (Å²) in [5, 5.41) is 11.4. The Bertz CT molecular complexity index is 626. The van der Waals surface area contributed by atoms with Crippen LogP contribution in [0.1, 0.15) is 12.0 Å². The van der Waals surface area contributed by atoms with Gasteiger partial charge in [0.05, 0.1) is 17.4 Å². The van der Waals surface area contributed by atoms with Gasteiger partial charge in [0.1, 0.15) is 0 Å². The number of nitrogens with zero attached hydrogens (tertiary/aromatic N) is 1. The van der Waals surface area contributed by atoms with E-state index < -0.39 is 0 Å². The molecule has 0 aromatic heterocycles. The minimum absolute atomic E-state index is 0.188. The Kier molecular flexibility index (Phi) is 10.0. The number of carbonyl (C=O) groups is 1. The lowest BCUT2D eigenvalue weighted by Crippen LogP contribution is -2.23. The third-order valence-corrected chi connectivity index (χ3v) is 4.19. The van der Waals surface area contributed by atoms with E-state index in [9.17, 15) is 4.79 Å². The van der Waals surface area contributed by atoms with E-state index in [0.717, 1.165) is 24.3 Å². The van der Waals surface area contributed by atoms with Crippen LogP contribution in [0.5, 0.6) is 0 Å². The SMILES string of the molecule is CN.N#Cc1ccc(-c2ccccc2)cc1.O=C1CSCCCN1. The molecule has 0 radical (unpaired) electrons. The first-order valence-electron chi connectivity index (χ1n) is 7.77. The van der Waals surface area contributed by atoms with E-state index in [-0.39, 0.29) is 5.91 Å². The molecule has 1 aliphatic rings. The molecule has 1 aliphatic heterocycles. The van der Waals surface area contributed by atoms with Crippen LogP contribution in [0.2, 0.25) is 0 Å². The Morgan fingerprint density at radius 3 is 2.29 bits per heavy atom. The molecule has 0 atom stereocenters. The molecule has 24 heavy (non-hydrogen) atoms. The molecule has 3 N–H and O–H groups in total. The average molecular weight is 341 g/mol. The number of benzene rings is 2. The fraction of sp³-hybridized carbons (Fsp3) is 0.263. The van der Waals surface area contributed by atoms with Crippen molar-refractivity contribution in [2.75, 3.05) is 25.1 Å². The number of amides is 1. The van der Waals surface area contributed by atoms with E-state index in [4.69, 9.17) is 5.26 Å². The Morgan fingerprint density at radius 2 is 1.67 bits per heavy atom. The highest BCUT2D eigenvalue weighted by atomic mass is 32.2. The van der Waals surface area contributed by atoms with Gasteiger partial charge in [0.2, 0.25) is 5.91 Å². The summed E-state index contributed by atoms with van der Waals surface area (Å²) in [7, 11) is 1.50. The second-order valence-corrected chi connectivity index (χ2v) is 5.92. The summed E-state index contributed by atoms with van der Waals surface area (Å²) in [6, 6.07) is 19.8. The highest BCUT2D eigenvalue weighted by molar-refractivity contribution is 7.99. The lowest BCUT2D eigenvalue weighted by molar-refractivity contribution is -0.118. The fourth-order valence-corrected chi connectivity index (χ4v) is 2.77. The van der Waals surface area contributed by atoms with Gasteiger partial charge in [-0.2, -0.15) is 17.0 Å². The van der Waals surface area contributed by atoms with Crippen LogP contribution in [0.4, 0.5) is 0 Å². The molecule has 3 rings (SSSR count). The fourth-order valence-electron chi connectivity index (χ4n) is 1.99. The van der Waals surface area contributed by atoms with Gasteiger partial charge in [-0.05, 0) is 42.5 Å². The zero-order valence-corrected chi connectivity index (χ0v) is 14.7. The van der Waals surface area contributed by atoms with Gasteiger partial charge >= 0.3 is 0 Å². The number of nitriles is 1. The second kappa shape index (κ2) is 12.2. The van der Waals surface area contributed by atoms with Crippen LogP contribution in [0.3, 0.4) is 0 Å². The zero-order valence-electron chi connectivity index (χ0n) is 13.9. The molecule has 2 aromatic carbocycles. The lowest BCUT2D eigenvalue weighted by atomic mass is 10.0. The summed E-state index contributed by atoms with van der Waals surface area (Å²) in [5.74, 6) is 1.96. The summed E-state index contributed by atoms with van der Waals surface area (Å²) in [6.45, 7) is 0.867. The van der Waals surface area contributed by atoms with Crippen LogP contribution < -0.4 is 11.1 Å². The molecule has 0 aliphatic carbocycles. The van der Waals surface area contributed by atoms with Crippen molar-refractivity contribution in [2.45, 2.75) is 6.42 Å². The third-order valence-electron chi connectivity index (χ3n) is 3.14. The van der Waals surface area contributed by atoms with Gasteiger partial charge in [0.25, 0.3) is 0 Å². The van der Waals surface area contributed by atoms with Gasteiger partial charge in [0.15, 0.2) is 0 Å². The molecule has 0 saturated carbocycles. The first-order chi connectivity index (χ1) is 11.8. The number of nitrogens with one attached hydrogen (secondary N) is 1. The molecule has 1 heterocycles. The molecule has 126 valence electrons. The summed E-state index contributed by atoms with van der Waals surface area (Å²) in [5.41, 5.74) is 7.52. The van der Waals surface area contributed by atoms with Gasteiger partial charge in [-0.1, -0.05) is 42.5 Å². The second-order valence-electron chi connectivity index (χ2n) is 4.81. The Labute approximate surface area is 148 Å². The molecular formula is C19H23N3OS. The molecule has 0 bridgehead atoms. The number of carbonyl (C=O) groups excluding carboxylic acids is 1. The molecule has 1 saturated heterocycles. The van der Waals surface area contributed by atoms with Crippen molar-refractivity contribution in [1.29, 1.82) is 5.26 Å². The van der Waals surface area contributed by atoms with Crippen LogP contribution in [-0.2, 0) is 4.79 Å². The van der Waals surface area contributed by atoms with E-state index in [0.29, 0.717) is 11.3 Å². The van der Waals surface area contributed by atoms with Crippen LogP contribution >= 0.6 is 11.8 Å². The van der Waals surface area contributed by atoms with Crippen molar-refractivity contribution in [3.63, 3.8) is 0 Å². The van der Waals surface area contributed by atoms with Crippen LogP contribution in [0.15, 0.2) is 54.6 Å². The van der Waals surface area contributed by atoms with E-state index >= 15 is 0 Å². The minimum Gasteiger partial charge on any atom is -0.355 e. The molecule has 1 amide bonds. The highest BCUT2D eigenvalue weighted by Crippen LogP contribution is 2.18. The van der Waals surface area contributed by atoms with Crippen molar-refractivity contribution < 1.29 is 4.79 Å². The molecule has 5 heteroatoms. The maximum absolute atomic E-state index is 10.6. The van der Waals surface area contributed by atoms with Gasteiger partial charge in [-0.25, -0.2) is 0 Å². The largest absolute Gasteiger partial charge is 0.355 e. The maximum Gasteiger partial charge on any atom is 0.229 e. The monoisotopic (exact) mass is 341 g/mol. The summed E-state index contributed by atoms with van der Waals surface area (Å²) in [4.78, 5) is 10.6. The van der Waals surface area contributed by atoms with E-state index in [1.165, 1.54) is 12.6 Å². The van der Waals surface area contributed by atoms with E-state index in [1.807, 2.05) is 42.5 Å². The number of hydrogen-bond donors (Lipinski definition) is 2. The van der Waals surface area contributed by atoms with Crippen molar-refractivity contribution in [2.24, 2.45) is 5.73 Å². The Morgan fingerprint density at radius 1 is 1.04 bits per heavy atom. The predicted octanol–water partition coefficient (Wildman–Crippen LogP) is 3.04. The molecule has 0 unspecified atom stereocenters. The Balaban J connectivity index is 0.000000245. The summed E-state index contributed by atoms with van der Waals surface area (Å²) >= 11 is 1.71. The summed E-state index contributed by atoms with van der Waals surface area (Å²) in [6.07, 6.45) is 1.12. The van der Waals surface area contributed by atoms with Gasteiger partial charge in [-0.3, -0.25) is 4.79 Å². The molecular weight excluding hydrogens is 318 g/mol. The highest BCUT2D eigenvalue weighted by Gasteiger charge is 2.03. The zero-order chi connectivity index (χ0) is 17.6. The van der Waals surface area contributed by atoms with Crippen molar-refractivity contribution in [3.05, 3.63) is 60.2 Å². The van der Waals surface area contributed by atoms with Crippen LogP contribution in [0, 0.1) is 11.3 Å². The minimum atomic E-state index is 0.188. The number of rotatable bonds is 1. The van der Waals surface area contributed by atoms with Crippen molar-refractivity contribution >= 4 is 17.7 Å². The maximum atomic E-state index is 10.6. The van der Waals surface area contributed by atoms with Crippen molar-refractivity contribution in [3.8, 4) is 17.2 Å². The molecule has 1 fully saturated rings. The quantitative estimate of drug-likeness (QED) is 0.835. The standard InChI is InChI=1S/C13H9N.C5H9NOS.CH5N/c14-10-11-6-8-13(9-7-11)12-4-2-1-3-5-12;7-5-4-8-3-1-2-6-5;1-2/h1-9H;1-4H2,(H,6,7);2H2,1H3. The van der Waals surface area contributed by atoms with E-state index in [1.54, 1.807) is 11.8 Å². The number of thioether (sulfide) groups is 1. The average Bonchev–Trinajstić information content (AvgIpc) is 2.92. The van der Waals surface area contributed by atoms with Crippen molar-refractivity contribution in [1.82, 2.24) is 5.32 Å². The van der Waals surface area contributed by atoms with Crippen LogP contribution in [-0.4, -0.2) is 31.0 Å². The predicted molar refractivity (Wildman–Crippen MR) is 102 cm³/mol.